The zero-order chi connectivity index (χ0) is 16.8. The van der Waals surface area contributed by atoms with Crippen molar-refractivity contribution >= 4 is 16.1 Å². The second kappa shape index (κ2) is 5.35. The summed E-state index contributed by atoms with van der Waals surface area (Å²) in [7, 11) is -3.97. The molecule has 2 atom stereocenters. The van der Waals surface area contributed by atoms with Crippen molar-refractivity contribution in [2.75, 3.05) is 6.54 Å². The topological polar surface area (TPSA) is 71.4 Å². The van der Waals surface area contributed by atoms with E-state index < -0.39 is 26.0 Å². The molecule has 0 aliphatic carbocycles. The fourth-order valence-corrected chi connectivity index (χ4v) is 5.12. The van der Waals surface area contributed by atoms with Crippen LogP contribution in [0.5, 0.6) is 0 Å². The summed E-state index contributed by atoms with van der Waals surface area (Å²) in [6.07, 6.45) is -0.0804. The van der Waals surface area contributed by atoms with Crippen molar-refractivity contribution in [2.45, 2.75) is 56.9 Å². The molecule has 1 aromatic rings. The van der Waals surface area contributed by atoms with Crippen LogP contribution in [0.1, 0.15) is 46.1 Å². The average molecular weight is 326 g/mol. The highest BCUT2D eigenvalue weighted by molar-refractivity contribution is 7.86. The van der Waals surface area contributed by atoms with E-state index in [9.17, 15) is 18.3 Å². The fourth-order valence-electron chi connectivity index (χ4n) is 3.11. The third-order valence-corrected chi connectivity index (χ3v) is 7.02. The van der Waals surface area contributed by atoms with Crippen molar-refractivity contribution < 1.29 is 22.2 Å². The van der Waals surface area contributed by atoms with Gasteiger partial charge >= 0.3 is 16.1 Å². The van der Waals surface area contributed by atoms with Crippen molar-refractivity contribution in [3.63, 3.8) is 0 Å². The van der Waals surface area contributed by atoms with E-state index in [0.717, 1.165) is 5.56 Å². The first-order valence-electron chi connectivity index (χ1n) is 7.50. The summed E-state index contributed by atoms with van der Waals surface area (Å²) in [6.45, 7) is 7.96. The predicted octanol–water partition coefficient (Wildman–Crippen LogP) is 3.35. The standard InChI is InChI=1S/C16H23NO4S/c1-12-6-5-11-17(12,15(18)19)22(20,21)14-9-7-13(8-10-14)16(2,3)4/h7-10,12H,5-6,11H2,1-4H3/p+1/t12-,17?/m1/s1. The molecule has 6 heteroatoms. The van der Waals surface area contributed by atoms with Gasteiger partial charge in [-0.05, 0) is 30.0 Å². The van der Waals surface area contributed by atoms with Crippen LogP contribution in [0, 0.1) is 0 Å². The zero-order valence-corrected chi connectivity index (χ0v) is 14.4. The van der Waals surface area contributed by atoms with E-state index in [1.807, 2.05) is 20.8 Å². The fraction of sp³-hybridized carbons (Fsp3) is 0.562. The largest absolute Gasteiger partial charge is 0.529 e. The minimum atomic E-state index is -3.97. The first-order chi connectivity index (χ1) is 10.0. The molecule has 1 heterocycles. The number of carboxylic acid groups (broad SMARTS) is 1. The van der Waals surface area contributed by atoms with Crippen molar-refractivity contribution in [3.05, 3.63) is 29.8 Å². The second-order valence-corrected chi connectivity index (χ2v) is 9.12. The van der Waals surface area contributed by atoms with Gasteiger partial charge in [0.1, 0.15) is 17.5 Å². The number of rotatable bonds is 2. The number of sulfonamides is 1. The molecule has 1 aliphatic rings. The minimum absolute atomic E-state index is 0.0802. The van der Waals surface area contributed by atoms with Gasteiger partial charge in [0, 0.05) is 12.8 Å². The second-order valence-electron chi connectivity index (χ2n) is 7.04. The van der Waals surface area contributed by atoms with Crippen LogP contribution >= 0.6 is 0 Å². The molecule has 22 heavy (non-hydrogen) atoms. The molecule has 0 bridgehead atoms. The van der Waals surface area contributed by atoms with E-state index in [0.29, 0.717) is 12.8 Å². The lowest BCUT2D eigenvalue weighted by molar-refractivity contribution is -0.741. The van der Waals surface area contributed by atoms with Crippen LogP contribution < -0.4 is 0 Å². The predicted molar refractivity (Wildman–Crippen MR) is 84.2 cm³/mol. The Balaban J connectivity index is 2.52. The first kappa shape index (κ1) is 17.0. The molecule has 5 nitrogen and oxygen atoms in total. The van der Waals surface area contributed by atoms with Crippen LogP contribution in [0.3, 0.4) is 0 Å². The maximum Gasteiger partial charge on any atom is 0.529 e. The van der Waals surface area contributed by atoms with Gasteiger partial charge in [-0.2, -0.15) is 13.2 Å². The highest BCUT2D eigenvalue weighted by Crippen LogP contribution is 2.36. The Kier molecular flexibility index (Phi) is 4.13. The Morgan fingerprint density at radius 1 is 1.23 bits per heavy atom. The van der Waals surface area contributed by atoms with Gasteiger partial charge in [0.05, 0.1) is 0 Å². The molecule has 1 saturated heterocycles. The average Bonchev–Trinajstić information content (AvgIpc) is 2.81. The van der Waals surface area contributed by atoms with E-state index in [1.54, 1.807) is 19.1 Å². The number of amides is 1. The Hall–Kier alpha value is -1.40. The van der Waals surface area contributed by atoms with Crippen LogP contribution in [0.15, 0.2) is 29.2 Å². The van der Waals surface area contributed by atoms with E-state index in [1.165, 1.54) is 12.1 Å². The molecular formula is C16H24NO4S+. The number of nitrogens with zero attached hydrogens (tertiary/aromatic N) is 1. The van der Waals surface area contributed by atoms with Crippen molar-refractivity contribution in [3.8, 4) is 0 Å². The van der Waals surface area contributed by atoms with Crippen LogP contribution in [-0.4, -0.2) is 36.1 Å². The van der Waals surface area contributed by atoms with Crippen molar-refractivity contribution in [1.82, 2.24) is 0 Å². The highest BCUT2D eigenvalue weighted by atomic mass is 32.2. The van der Waals surface area contributed by atoms with Crippen molar-refractivity contribution in [2.24, 2.45) is 0 Å². The molecule has 122 valence electrons. The van der Waals surface area contributed by atoms with Gasteiger partial charge in [-0.25, -0.2) is 0 Å². The minimum Gasteiger partial charge on any atom is -0.435 e. The normalized spacial score (nSPS) is 26.1. The van der Waals surface area contributed by atoms with Crippen molar-refractivity contribution in [1.29, 1.82) is 0 Å². The SMILES string of the molecule is C[C@@H]1CCC[N+]1(C(=O)O)S(=O)(=O)c1ccc(C(C)(C)C)cc1. The molecule has 1 unspecified atom stereocenters. The monoisotopic (exact) mass is 326 g/mol. The van der Waals surface area contributed by atoms with Gasteiger partial charge in [0.2, 0.25) is 0 Å². The Bertz CT molecular complexity index is 673. The lowest BCUT2D eigenvalue weighted by Gasteiger charge is -2.31. The number of hydrogen-bond acceptors (Lipinski definition) is 3. The molecule has 1 N–H and O–H groups in total. The summed E-state index contributed by atoms with van der Waals surface area (Å²) in [5.74, 6) is 0. The summed E-state index contributed by atoms with van der Waals surface area (Å²) >= 11 is 0. The maximum absolute atomic E-state index is 13.0. The molecule has 0 aromatic heterocycles. The van der Waals surface area contributed by atoms with Gasteiger partial charge in [0.25, 0.3) is 0 Å². The molecule has 1 amide bonds. The third-order valence-electron chi connectivity index (χ3n) is 4.60. The number of carbonyl (C=O) groups is 1. The van der Waals surface area contributed by atoms with Crippen LogP contribution in [0.2, 0.25) is 0 Å². The first-order valence-corrected chi connectivity index (χ1v) is 8.94. The van der Waals surface area contributed by atoms with Crippen LogP contribution in [-0.2, 0) is 15.4 Å². The summed E-state index contributed by atoms with van der Waals surface area (Å²) in [4.78, 5) is 11.9. The summed E-state index contributed by atoms with van der Waals surface area (Å²) < 4.78 is 25.0. The van der Waals surface area contributed by atoms with E-state index in [4.69, 9.17) is 0 Å². The van der Waals surface area contributed by atoms with E-state index in [-0.39, 0.29) is 16.9 Å². The number of likely N-dealkylation sites (tertiary alicyclic amines) is 1. The Labute approximate surface area is 132 Å². The van der Waals surface area contributed by atoms with E-state index in [2.05, 4.69) is 0 Å². The van der Waals surface area contributed by atoms with Gasteiger partial charge in [-0.15, -0.1) is 3.89 Å². The molecule has 2 rings (SSSR count). The van der Waals surface area contributed by atoms with Crippen LogP contribution in [0.4, 0.5) is 4.79 Å². The molecule has 0 radical (unpaired) electrons. The molecule has 1 fully saturated rings. The van der Waals surface area contributed by atoms with Gasteiger partial charge in [-0.3, -0.25) is 0 Å². The summed E-state index contributed by atoms with van der Waals surface area (Å²) in [5, 5.41) is 9.61. The molecule has 1 aliphatic heterocycles. The summed E-state index contributed by atoms with van der Waals surface area (Å²) in [5.41, 5.74) is 0.935. The van der Waals surface area contributed by atoms with Crippen LogP contribution in [0.25, 0.3) is 0 Å². The highest BCUT2D eigenvalue weighted by Gasteiger charge is 2.57. The Morgan fingerprint density at radius 2 is 1.77 bits per heavy atom. The van der Waals surface area contributed by atoms with Gasteiger partial charge in [0.15, 0.2) is 0 Å². The number of quaternary nitrogens is 1. The molecular weight excluding hydrogens is 302 g/mol. The third kappa shape index (κ3) is 2.44. The molecule has 0 spiro atoms. The van der Waals surface area contributed by atoms with E-state index >= 15 is 0 Å². The Morgan fingerprint density at radius 3 is 2.14 bits per heavy atom. The smallest absolute Gasteiger partial charge is 0.435 e. The number of hydrogen-bond donors (Lipinski definition) is 1. The number of benzene rings is 1. The zero-order valence-electron chi connectivity index (χ0n) is 13.5. The molecule has 0 saturated carbocycles. The quantitative estimate of drug-likeness (QED) is 0.846. The molecule has 1 aromatic carbocycles. The summed E-state index contributed by atoms with van der Waals surface area (Å²) in [6, 6.07) is 6.16. The lowest BCUT2D eigenvalue weighted by atomic mass is 9.87. The lowest BCUT2D eigenvalue weighted by Crippen LogP contribution is -2.58. The maximum atomic E-state index is 13.0. The van der Waals surface area contributed by atoms with Gasteiger partial charge < -0.3 is 5.11 Å². The van der Waals surface area contributed by atoms with Gasteiger partial charge in [-0.1, -0.05) is 32.9 Å².